The van der Waals surface area contributed by atoms with E-state index in [1.165, 1.54) is 16.8 Å². The van der Waals surface area contributed by atoms with E-state index in [0.29, 0.717) is 12.6 Å². The second kappa shape index (κ2) is 10.2. The molecular formula is C21H35N5. The number of piperidine rings is 1. The van der Waals surface area contributed by atoms with Gasteiger partial charge in [-0.2, -0.15) is 0 Å². The molecule has 1 aliphatic heterocycles. The van der Waals surface area contributed by atoms with Gasteiger partial charge in [-0.15, -0.1) is 6.58 Å². The first kappa shape index (κ1) is 20.3. The molecule has 1 heterocycles. The number of aryl methyl sites for hydroxylation is 1. The molecule has 0 amide bonds. The Kier molecular flexibility index (Phi) is 7.98. The molecule has 1 aromatic carbocycles. The first-order valence-electron chi connectivity index (χ1n) is 9.68. The Morgan fingerprint density at radius 3 is 2.65 bits per heavy atom. The summed E-state index contributed by atoms with van der Waals surface area (Å²) in [5, 5.41) is 7.00. The largest absolute Gasteiger partial charge is 0.378 e. The summed E-state index contributed by atoms with van der Waals surface area (Å²) in [4.78, 5) is 9.40. The molecule has 0 saturated carbocycles. The summed E-state index contributed by atoms with van der Waals surface area (Å²) in [6.07, 6.45) is 4.28. The molecule has 144 valence electrons. The molecule has 5 heteroatoms. The molecule has 0 aromatic heterocycles. The van der Waals surface area contributed by atoms with Crippen LogP contribution >= 0.6 is 0 Å². The highest BCUT2D eigenvalue weighted by molar-refractivity contribution is 5.80. The molecule has 0 aliphatic carbocycles. The molecule has 0 bridgehead atoms. The Balaban J connectivity index is 1.95. The van der Waals surface area contributed by atoms with Gasteiger partial charge in [0.25, 0.3) is 0 Å². The number of aliphatic imine (C=N–C) groups is 1. The van der Waals surface area contributed by atoms with Crippen LogP contribution in [0.25, 0.3) is 0 Å². The zero-order chi connectivity index (χ0) is 18.9. The van der Waals surface area contributed by atoms with E-state index >= 15 is 0 Å². The summed E-state index contributed by atoms with van der Waals surface area (Å²) < 4.78 is 0. The Labute approximate surface area is 159 Å². The third-order valence-corrected chi connectivity index (χ3v) is 4.91. The van der Waals surface area contributed by atoms with Gasteiger partial charge in [-0.1, -0.05) is 12.1 Å². The van der Waals surface area contributed by atoms with Gasteiger partial charge in [-0.05, 0) is 49.9 Å². The van der Waals surface area contributed by atoms with Crippen molar-refractivity contribution >= 4 is 11.6 Å². The lowest BCUT2D eigenvalue weighted by atomic mass is 10.1. The first-order valence-corrected chi connectivity index (χ1v) is 9.68. The maximum absolute atomic E-state index is 4.82. The van der Waals surface area contributed by atoms with Crippen LogP contribution in [0.5, 0.6) is 0 Å². The van der Waals surface area contributed by atoms with E-state index in [9.17, 15) is 0 Å². The lowest BCUT2D eigenvalue weighted by Gasteiger charge is -2.32. The Morgan fingerprint density at radius 2 is 2.08 bits per heavy atom. The Morgan fingerprint density at radius 1 is 1.35 bits per heavy atom. The highest BCUT2D eigenvalue weighted by Gasteiger charge is 2.19. The van der Waals surface area contributed by atoms with Crippen molar-refractivity contribution in [2.45, 2.75) is 39.3 Å². The molecule has 0 spiro atoms. The van der Waals surface area contributed by atoms with E-state index < -0.39 is 0 Å². The second-order valence-corrected chi connectivity index (χ2v) is 7.21. The fourth-order valence-electron chi connectivity index (χ4n) is 3.26. The van der Waals surface area contributed by atoms with Crippen molar-refractivity contribution in [2.24, 2.45) is 4.99 Å². The van der Waals surface area contributed by atoms with Gasteiger partial charge in [-0.25, -0.2) is 4.99 Å². The molecule has 2 rings (SSSR count). The quantitative estimate of drug-likeness (QED) is 0.447. The van der Waals surface area contributed by atoms with Gasteiger partial charge in [-0.3, -0.25) is 4.90 Å². The SMILES string of the molecule is C=CCN1CCC(NC(=NCc2ccc(N(C)C)cc2C)NCC)CC1. The number of nitrogens with zero attached hydrogens (tertiary/aromatic N) is 3. The Bertz CT molecular complexity index is 600. The summed E-state index contributed by atoms with van der Waals surface area (Å²) >= 11 is 0. The standard InChI is InChI=1S/C21H35N5/c1-6-12-26-13-10-19(11-14-26)24-21(22-7-2)23-16-18-8-9-20(25(4)5)15-17(18)3/h6,8-9,15,19H,1,7,10-14,16H2,2-5H3,(H2,22,23,24). The minimum absolute atomic E-state index is 0.492. The fraction of sp³-hybridized carbons (Fsp3) is 0.571. The van der Waals surface area contributed by atoms with Gasteiger partial charge in [0.05, 0.1) is 6.54 Å². The lowest BCUT2D eigenvalue weighted by molar-refractivity contribution is 0.225. The molecule has 0 unspecified atom stereocenters. The van der Waals surface area contributed by atoms with Crippen molar-refractivity contribution in [3.63, 3.8) is 0 Å². The molecule has 2 N–H and O–H groups in total. The zero-order valence-corrected chi connectivity index (χ0v) is 16.9. The second-order valence-electron chi connectivity index (χ2n) is 7.21. The van der Waals surface area contributed by atoms with Crippen LogP contribution < -0.4 is 15.5 Å². The van der Waals surface area contributed by atoms with E-state index in [-0.39, 0.29) is 0 Å². The van der Waals surface area contributed by atoms with Crippen LogP contribution in [0.4, 0.5) is 5.69 Å². The maximum Gasteiger partial charge on any atom is 0.191 e. The lowest BCUT2D eigenvalue weighted by Crippen LogP contribution is -2.48. The molecule has 1 saturated heterocycles. The fourth-order valence-corrected chi connectivity index (χ4v) is 3.26. The van der Waals surface area contributed by atoms with Crippen molar-refractivity contribution in [3.8, 4) is 0 Å². The molecule has 26 heavy (non-hydrogen) atoms. The van der Waals surface area contributed by atoms with Crippen molar-refractivity contribution in [1.29, 1.82) is 0 Å². The van der Waals surface area contributed by atoms with E-state index in [1.807, 2.05) is 6.08 Å². The van der Waals surface area contributed by atoms with Crippen LogP contribution in [0.3, 0.4) is 0 Å². The molecule has 5 nitrogen and oxygen atoms in total. The number of benzene rings is 1. The van der Waals surface area contributed by atoms with E-state index in [4.69, 9.17) is 4.99 Å². The normalized spacial score (nSPS) is 16.4. The number of nitrogens with one attached hydrogen (secondary N) is 2. The summed E-state index contributed by atoms with van der Waals surface area (Å²) in [5.74, 6) is 0.922. The number of rotatable bonds is 7. The van der Waals surface area contributed by atoms with Crippen molar-refractivity contribution in [2.75, 3.05) is 45.2 Å². The Hall–Kier alpha value is -2.01. The molecule has 1 aliphatic rings. The molecule has 1 aromatic rings. The number of hydrogen-bond donors (Lipinski definition) is 2. The van der Waals surface area contributed by atoms with Gasteiger partial charge in [0.15, 0.2) is 5.96 Å². The topological polar surface area (TPSA) is 42.9 Å². The van der Waals surface area contributed by atoms with Crippen LogP contribution in [0.15, 0.2) is 35.8 Å². The molecule has 1 fully saturated rings. The smallest absolute Gasteiger partial charge is 0.191 e. The monoisotopic (exact) mass is 357 g/mol. The zero-order valence-electron chi connectivity index (χ0n) is 16.9. The van der Waals surface area contributed by atoms with Crippen LogP contribution in [-0.2, 0) is 6.54 Å². The number of anilines is 1. The van der Waals surface area contributed by atoms with Crippen molar-refractivity contribution in [3.05, 3.63) is 42.0 Å². The van der Waals surface area contributed by atoms with Crippen LogP contribution in [-0.4, -0.2) is 57.2 Å². The molecule has 0 atom stereocenters. The van der Waals surface area contributed by atoms with Crippen molar-refractivity contribution < 1.29 is 0 Å². The van der Waals surface area contributed by atoms with Gasteiger partial charge in [0, 0.05) is 52.0 Å². The predicted molar refractivity (Wildman–Crippen MR) is 113 cm³/mol. The summed E-state index contributed by atoms with van der Waals surface area (Å²) in [6, 6.07) is 7.06. The minimum Gasteiger partial charge on any atom is -0.378 e. The third-order valence-electron chi connectivity index (χ3n) is 4.91. The average Bonchev–Trinajstić information content (AvgIpc) is 2.62. The summed E-state index contributed by atoms with van der Waals surface area (Å²) in [5.41, 5.74) is 3.79. The third kappa shape index (κ3) is 6.06. The number of hydrogen-bond acceptors (Lipinski definition) is 3. The summed E-state index contributed by atoms with van der Waals surface area (Å²) in [6.45, 7) is 12.9. The average molecular weight is 358 g/mol. The number of guanidine groups is 1. The molecular weight excluding hydrogens is 322 g/mol. The first-order chi connectivity index (χ1) is 12.5. The van der Waals surface area contributed by atoms with Gasteiger partial charge < -0.3 is 15.5 Å². The van der Waals surface area contributed by atoms with Crippen molar-refractivity contribution in [1.82, 2.24) is 15.5 Å². The van der Waals surface area contributed by atoms with Gasteiger partial charge >= 0.3 is 0 Å². The predicted octanol–water partition coefficient (Wildman–Crippen LogP) is 2.77. The van der Waals surface area contributed by atoms with Gasteiger partial charge in [0.2, 0.25) is 0 Å². The minimum atomic E-state index is 0.492. The van der Waals surface area contributed by atoms with E-state index in [0.717, 1.165) is 45.0 Å². The summed E-state index contributed by atoms with van der Waals surface area (Å²) in [7, 11) is 4.14. The molecule has 0 radical (unpaired) electrons. The van der Waals surface area contributed by atoms with Crippen LogP contribution in [0.2, 0.25) is 0 Å². The number of likely N-dealkylation sites (tertiary alicyclic amines) is 1. The van der Waals surface area contributed by atoms with Crippen LogP contribution in [0.1, 0.15) is 30.9 Å². The highest BCUT2D eigenvalue weighted by Crippen LogP contribution is 2.18. The van der Waals surface area contributed by atoms with E-state index in [1.54, 1.807) is 0 Å². The van der Waals surface area contributed by atoms with Crippen LogP contribution in [0, 0.1) is 6.92 Å². The van der Waals surface area contributed by atoms with Gasteiger partial charge in [0.1, 0.15) is 0 Å². The maximum atomic E-state index is 4.82. The highest BCUT2D eigenvalue weighted by atomic mass is 15.2. The van der Waals surface area contributed by atoms with E-state index in [2.05, 4.69) is 73.2 Å².